The highest BCUT2D eigenvalue weighted by atomic mass is 35.5. The largest absolute Gasteiger partial charge is 0.325 e. The van der Waals surface area contributed by atoms with E-state index in [2.05, 4.69) is 17.2 Å². The molecule has 0 bridgehead atoms. The molecule has 0 atom stereocenters. The molecule has 1 amide bonds. The lowest BCUT2D eigenvalue weighted by Gasteiger charge is -2.07. The fraction of sp³-hybridized carbons (Fsp3) is 0.455. The Bertz CT molecular complexity index is 352. The van der Waals surface area contributed by atoms with E-state index < -0.39 is 0 Å². The van der Waals surface area contributed by atoms with Crippen molar-refractivity contribution in [3.05, 3.63) is 23.0 Å². The number of hydrogen-bond acceptors (Lipinski definition) is 2. The predicted octanol–water partition coefficient (Wildman–Crippen LogP) is 3.17. The zero-order chi connectivity index (χ0) is 11.3. The number of hydrogen-bond donors (Lipinski definition) is 1. The van der Waals surface area contributed by atoms with Gasteiger partial charge in [-0.1, -0.05) is 24.9 Å². The van der Waals surface area contributed by atoms with Gasteiger partial charge in [0.1, 0.15) is 5.15 Å². The zero-order valence-corrected chi connectivity index (χ0v) is 9.77. The molecule has 0 fully saturated rings. The Labute approximate surface area is 94.9 Å². The molecule has 82 valence electrons. The highest BCUT2D eigenvalue weighted by Gasteiger charge is 2.05. The number of aromatic nitrogens is 1. The lowest BCUT2D eigenvalue weighted by Crippen LogP contribution is -2.12. The van der Waals surface area contributed by atoms with E-state index in [1.807, 2.05) is 6.92 Å². The van der Waals surface area contributed by atoms with E-state index in [0.717, 1.165) is 24.2 Å². The average Bonchev–Trinajstić information content (AvgIpc) is 2.19. The van der Waals surface area contributed by atoms with Gasteiger partial charge in [-0.3, -0.25) is 4.79 Å². The first-order valence-electron chi connectivity index (χ1n) is 5.06. The van der Waals surface area contributed by atoms with Crippen molar-refractivity contribution in [2.24, 2.45) is 0 Å². The second-order valence-corrected chi connectivity index (χ2v) is 3.81. The molecule has 0 spiro atoms. The molecule has 0 aliphatic rings. The first-order valence-corrected chi connectivity index (χ1v) is 5.44. The SMILES string of the molecule is CCCCC(=O)Nc1ccc(Cl)nc1C. The monoisotopic (exact) mass is 226 g/mol. The van der Waals surface area contributed by atoms with E-state index in [1.165, 1.54) is 0 Å². The number of anilines is 1. The summed E-state index contributed by atoms with van der Waals surface area (Å²) in [4.78, 5) is 15.5. The number of rotatable bonds is 4. The van der Waals surface area contributed by atoms with Crippen LogP contribution in [0.15, 0.2) is 12.1 Å². The van der Waals surface area contributed by atoms with E-state index in [-0.39, 0.29) is 5.91 Å². The smallest absolute Gasteiger partial charge is 0.224 e. The minimum Gasteiger partial charge on any atom is -0.325 e. The number of aryl methyl sites for hydroxylation is 1. The summed E-state index contributed by atoms with van der Waals surface area (Å²) in [7, 11) is 0. The van der Waals surface area contributed by atoms with Gasteiger partial charge in [-0.05, 0) is 25.5 Å². The van der Waals surface area contributed by atoms with Crippen molar-refractivity contribution in [3.63, 3.8) is 0 Å². The van der Waals surface area contributed by atoms with E-state index in [0.29, 0.717) is 11.6 Å². The molecule has 0 aliphatic carbocycles. The van der Waals surface area contributed by atoms with Crippen molar-refractivity contribution >= 4 is 23.2 Å². The molecule has 0 aliphatic heterocycles. The molecule has 1 aromatic heterocycles. The van der Waals surface area contributed by atoms with Crippen molar-refractivity contribution in [1.29, 1.82) is 0 Å². The summed E-state index contributed by atoms with van der Waals surface area (Å²) in [5.41, 5.74) is 1.48. The molecule has 4 heteroatoms. The van der Waals surface area contributed by atoms with Gasteiger partial charge < -0.3 is 5.32 Å². The Morgan fingerprint density at radius 1 is 1.53 bits per heavy atom. The highest BCUT2D eigenvalue weighted by Crippen LogP contribution is 2.15. The fourth-order valence-electron chi connectivity index (χ4n) is 1.21. The van der Waals surface area contributed by atoms with Crippen LogP contribution in [0.2, 0.25) is 5.15 Å². The van der Waals surface area contributed by atoms with E-state index >= 15 is 0 Å². The summed E-state index contributed by atoms with van der Waals surface area (Å²) >= 11 is 5.71. The van der Waals surface area contributed by atoms with E-state index in [9.17, 15) is 4.79 Å². The van der Waals surface area contributed by atoms with Gasteiger partial charge in [0.25, 0.3) is 0 Å². The fourth-order valence-corrected chi connectivity index (χ4v) is 1.40. The molecule has 1 aromatic rings. The topological polar surface area (TPSA) is 42.0 Å². The Kier molecular flexibility index (Phi) is 4.56. The van der Waals surface area contributed by atoms with Crippen LogP contribution in [0, 0.1) is 6.92 Å². The van der Waals surface area contributed by atoms with Gasteiger partial charge in [0, 0.05) is 6.42 Å². The molecule has 0 saturated heterocycles. The molecule has 1 N–H and O–H groups in total. The van der Waals surface area contributed by atoms with Crippen LogP contribution in [0.1, 0.15) is 31.9 Å². The Morgan fingerprint density at radius 2 is 2.27 bits per heavy atom. The highest BCUT2D eigenvalue weighted by molar-refractivity contribution is 6.29. The van der Waals surface area contributed by atoms with Crippen molar-refractivity contribution in [1.82, 2.24) is 4.98 Å². The number of amides is 1. The number of carbonyl (C=O) groups is 1. The standard InChI is InChI=1S/C11H15ClN2O/c1-3-4-5-11(15)14-9-6-7-10(12)13-8(9)2/h6-7H,3-5H2,1-2H3,(H,14,15). The third kappa shape index (κ3) is 3.88. The molecule has 0 saturated carbocycles. The average molecular weight is 227 g/mol. The third-order valence-corrected chi connectivity index (χ3v) is 2.29. The van der Waals surface area contributed by atoms with Crippen LogP contribution in [0.25, 0.3) is 0 Å². The van der Waals surface area contributed by atoms with Crippen molar-refractivity contribution < 1.29 is 4.79 Å². The molecular formula is C11H15ClN2O. The quantitative estimate of drug-likeness (QED) is 0.802. The maximum atomic E-state index is 11.4. The number of carbonyl (C=O) groups excluding carboxylic acids is 1. The number of halogens is 1. The molecular weight excluding hydrogens is 212 g/mol. The van der Waals surface area contributed by atoms with Crippen LogP contribution in [0.3, 0.4) is 0 Å². The lowest BCUT2D eigenvalue weighted by atomic mass is 10.2. The lowest BCUT2D eigenvalue weighted by molar-refractivity contribution is -0.116. The number of pyridine rings is 1. The summed E-state index contributed by atoms with van der Waals surface area (Å²) in [5.74, 6) is 0.0315. The Balaban J connectivity index is 2.60. The predicted molar refractivity (Wildman–Crippen MR) is 62.1 cm³/mol. The van der Waals surface area contributed by atoms with E-state index in [4.69, 9.17) is 11.6 Å². The second kappa shape index (κ2) is 5.71. The summed E-state index contributed by atoms with van der Waals surface area (Å²) in [6, 6.07) is 3.44. The molecule has 15 heavy (non-hydrogen) atoms. The van der Waals surface area contributed by atoms with Crippen LogP contribution in [-0.4, -0.2) is 10.9 Å². The number of unbranched alkanes of at least 4 members (excludes halogenated alkanes) is 1. The number of nitrogens with one attached hydrogen (secondary N) is 1. The maximum Gasteiger partial charge on any atom is 0.224 e. The Morgan fingerprint density at radius 3 is 2.87 bits per heavy atom. The van der Waals surface area contributed by atoms with Crippen molar-refractivity contribution in [3.8, 4) is 0 Å². The minimum atomic E-state index is 0.0315. The van der Waals surface area contributed by atoms with Crippen molar-refractivity contribution in [2.75, 3.05) is 5.32 Å². The van der Waals surface area contributed by atoms with Crippen LogP contribution < -0.4 is 5.32 Å². The minimum absolute atomic E-state index is 0.0315. The first kappa shape index (κ1) is 12.0. The summed E-state index contributed by atoms with van der Waals surface area (Å²) in [5, 5.41) is 3.26. The molecule has 1 heterocycles. The van der Waals surface area contributed by atoms with Gasteiger partial charge in [0.05, 0.1) is 11.4 Å². The molecule has 0 unspecified atom stereocenters. The van der Waals surface area contributed by atoms with Crippen LogP contribution in [0.5, 0.6) is 0 Å². The molecule has 1 rings (SSSR count). The molecule has 3 nitrogen and oxygen atoms in total. The summed E-state index contributed by atoms with van der Waals surface area (Å²) in [6.07, 6.45) is 2.48. The normalized spacial score (nSPS) is 10.1. The van der Waals surface area contributed by atoms with E-state index in [1.54, 1.807) is 12.1 Å². The first-order chi connectivity index (χ1) is 7.13. The zero-order valence-electron chi connectivity index (χ0n) is 9.01. The second-order valence-electron chi connectivity index (χ2n) is 3.42. The van der Waals surface area contributed by atoms with Gasteiger partial charge in [0.15, 0.2) is 0 Å². The van der Waals surface area contributed by atoms with Gasteiger partial charge in [0.2, 0.25) is 5.91 Å². The van der Waals surface area contributed by atoms with Gasteiger partial charge in [-0.15, -0.1) is 0 Å². The van der Waals surface area contributed by atoms with Gasteiger partial charge in [-0.25, -0.2) is 4.98 Å². The summed E-state index contributed by atoms with van der Waals surface area (Å²) < 4.78 is 0. The molecule has 0 radical (unpaired) electrons. The maximum absolute atomic E-state index is 11.4. The van der Waals surface area contributed by atoms with Gasteiger partial charge >= 0.3 is 0 Å². The number of nitrogens with zero attached hydrogens (tertiary/aromatic N) is 1. The Hall–Kier alpha value is -1.09. The summed E-state index contributed by atoms with van der Waals surface area (Å²) in [6.45, 7) is 3.88. The van der Waals surface area contributed by atoms with Crippen LogP contribution >= 0.6 is 11.6 Å². The third-order valence-electron chi connectivity index (χ3n) is 2.08. The van der Waals surface area contributed by atoms with Crippen LogP contribution in [-0.2, 0) is 4.79 Å². The van der Waals surface area contributed by atoms with Gasteiger partial charge in [-0.2, -0.15) is 0 Å². The van der Waals surface area contributed by atoms with Crippen molar-refractivity contribution in [2.45, 2.75) is 33.1 Å². The van der Waals surface area contributed by atoms with Crippen LogP contribution in [0.4, 0.5) is 5.69 Å². The molecule has 0 aromatic carbocycles.